The zero-order valence-corrected chi connectivity index (χ0v) is 14.6. The van der Waals surface area contributed by atoms with Crippen LogP contribution >= 0.6 is 11.8 Å². The van der Waals surface area contributed by atoms with E-state index >= 15 is 0 Å². The van der Waals surface area contributed by atoms with Gasteiger partial charge in [0.15, 0.2) is 0 Å². The van der Waals surface area contributed by atoms with Crippen molar-refractivity contribution in [1.29, 1.82) is 0 Å². The summed E-state index contributed by atoms with van der Waals surface area (Å²) in [7, 11) is 0. The summed E-state index contributed by atoms with van der Waals surface area (Å²) in [5, 5.41) is 5.56. The van der Waals surface area contributed by atoms with Crippen molar-refractivity contribution in [3.63, 3.8) is 0 Å². The largest absolute Gasteiger partial charge is 0.493 e. The molecule has 4 heteroatoms. The fraction of sp³-hybridized carbons (Fsp3) is 0.190. The minimum atomic E-state index is 0.0367. The van der Waals surface area contributed by atoms with Crippen LogP contribution in [0.2, 0.25) is 0 Å². The smallest absolute Gasteiger partial charge is 0.230 e. The number of thioether (sulfide) groups is 1. The van der Waals surface area contributed by atoms with E-state index in [1.54, 1.807) is 11.8 Å². The number of ether oxygens (including phenoxy) is 1. The first-order valence-corrected chi connectivity index (χ1v) is 9.41. The third-order valence-corrected chi connectivity index (χ3v) is 5.38. The van der Waals surface area contributed by atoms with Crippen molar-refractivity contribution in [3.05, 3.63) is 72.3 Å². The van der Waals surface area contributed by atoms with Crippen LogP contribution in [0.15, 0.2) is 71.6 Å². The molecule has 0 fully saturated rings. The predicted molar refractivity (Wildman–Crippen MR) is 102 cm³/mol. The normalized spacial score (nSPS) is 16.1. The lowest BCUT2D eigenvalue weighted by Gasteiger charge is -2.26. The highest BCUT2D eigenvalue weighted by atomic mass is 32.2. The second kappa shape index (κ2) is 7.19. The lowest BCUT2D eigenvalue weighted by molar-refractivity contribution is -0.119. The maximum Gasteiger partial charge on any atom is 0.230 e. The highest BCUT2D eigenvalue weighted by Crippen LogP contribution is 2.31. The van der Waals surface area contributed by atoms with Gasteiger partial charge in [-0.25, -0.2) is 0 Å². The third-order valence-electron chi connectivity index (χ3n) is 4.38. The highest BCUT2D eigenvalue weighted by Gasteiger charge is 2.22. The molecule has 3 aromatic carbocycles. The number of hydrogen-bond donors (Lipinski definition) is 1. The van der Waals surface area contributed by atoms with Crippen molar-refractivity contribution in [1.82, 2.24) is 5.32 Å². The molecule has 0 saturated heterocycles. The molecule has 0 bridgehead atoms. The number of benzene rings is 3. The quantitative estimate of drug-likeness (QED) is 0.701. The van der Waals surface area contributed by atoms with Crippen molar-refractivity contribution < 1.29 is 9.53 Å². The second-order valence-corrected chi connectivity index (χ2v) is 7.14. The van der Waals surface area contributed by atoms with Crippen molar-refractivity contribution in [2.75, 3.05) is 12.4 Å². The Morgan fingerprint density at radius 3 is 2.76 bits per heavy atom. The van der Waals surface area contributed by atoms with Crippen LogP contribution in [0.3, 0.4) is 0 Å². The van der Waals surface area contributed by atoms with Crippen LogP contribution < -0.4 is 10.1 Å². The van der Waals surface area contributed by atoms with Gasteiger partial charge in [0, 0.05) is 16.9 Å². The van der Waals surface area contributed by atoms with Crippen molar-refractivity contribution in [3.8, 4) is 5.75 Å². The number of carbonyl (C=O) groups is 1. The first-order valence-electron chi connectivity index (χ1n) is 8.42. The molecule has 1 aliphatic rings. The van der Waals surface area contributed by atoms with Gasteiger partial charge in [-0.2, -0.15) is 0 Å². The van der Waals surface area contributed by atoms with Gasteiger partial charge in [0.05, 0.1) is 18.4 Å². The number of hydrogen-bond acceptors (Lipinski definition) is 3. The molecule has 126 valence electrons. The molecule has 1 heterocycles. The Labute approximate surface area is 151 Å². The van der Waals surface area contributed by atoms with Gasteiger partial charge in [0.2, 0.25) is 5.91 Å². The zero-order chi connectivity index (χ0) is 17.1. The molecule has 3 nitrogen and oxygen atoms in total. The van der Waals surface area contributed by atoms with Crippen LogP contribution in [-0.4, -0.2) is 18.3 Å². The average Bonchev–Trinajstić information content (AvgIpc) is 2.66. The second-order valence-electron chi connectivity index (χ2n) is 6.09. The standard InChI is InChI=1S/C21H19NO2S/c23-21(22-19-11-12-24-20-8-4-3-7-18(19)20)14-25-17-10-9-15-5-1-2-6-16(15)13-17/h1-10,13,19H,11-12,14H2,(H,22,23). The Morgan fingerprint density at radius 2 is 1.84 bits per heavy atom. The first kappa shape index (κ1) is 16.0. The number of fused-ring (bicyclic) bond motifs is 2. The Balaban J connectivity index is 1.39. The van der Waals surface area contributed by atoms with Gasteiger partial charge in [-0.05, 0) is 29.0 Å². The topological polar surface area (TPSA) is 38.3 Å². The van der Waals surface area contributed by atoms with Gasteiger partial charge < -0.3 is 10.1 Å². The fourth-order valence-electron chi connectivity index (χ4n) is 3.13. The summed E-state index contributed by atoms with van der Waals surface area (Å²) >= 11 is 1.57. The lowest BCUT2D eigenvalue weighted by atomic mass is 10.0. The van der Waals surface area contributed by atoms with E-state index in [2.05, 4.69) is 35.6 Å². The molecule has 3 aromatic rings. The fourth-order valence-corrected chi connectivity index (χ4v) is 3.89. The molecule has 0 aromatic heterocycles. The van der Waals surface area contributed by atoms with Crippen LogP contribution in [0.4, 0.5) is 0 Å². The molecule has 0 saturated carbocycles. The number of carbonyl (C=O) groups excluding carboxylic acids is 1. The van der Waals surface area contributed by atoms with Crippen LogP contribution in [0.25, 0.3) is 10.8 Å². The molecule has 0 spiro atoms. The molecular formula is C21H19NO2S. The molecule has 4 rings (SSSR count). The Bertz CT molecular complexity index is 909. The Morgan fingerprint density at radius 1 is 1.04 bits per heavy atom. The maximum absolute atomic E-state index is 12.4. The van der Waals surface area contributed by atoms with E-state index < -0.39 is 0 Å². The van der Waals surface area contributed by atoms with Gasteiger partial charge in [0.25, 0.3) is 0 Å². The molecular weight excluding hydrogens is 330 g/mol. The lowest BCUT2D eigenvalue weighted by Crippen LogP contribution is -2.33. The Kier molecular flexibility index (Phi) is 4.61. The SMILES string of the molecule is O=C(CSc1ccc2ccccc2c1)NC1CCOc2ccccc21. The van der Waals surface area contributed by atoms with E-state index in [0.29, 0.717) is 12.4 Å². The van der Waals surface area contributed by atoms with Crippen LogP contribution in [0, 0.1) is 0 Å². The summed E-state index contributed by atoms with van der Waals surface area (Å²) in [5.41, 5.74) is 1.07. The van der Waals surface area contributed by atoms with Gasteiger partial charge in [-0.1, -0.05) is 48.5 Å². The van der Waals surface area contributed by atoms with E-state index in [0.717, 1.165) is 22.6 Å². The summed E-state index contributed by atoms with van der Waals surface area (Å²) in [6.07, 6.45) is 0.809. The minimum absolute atomic E-state index is 0.0367. The highest BCUT2D eigenvalue weighted by molar-refractivity contribution is 8.00. The van der Waals surface area contributed by atoms with E-state index in [9.17, 15) is 4.79 Å². The summed E-state index contributed by atoms with van der Waals surface area (Å²) in [6, 6.07) is 22.5. The molecule has 25 heavy (non-hydrogen) atoms. The van der Waals surface area contributed by atoms with E-state index in [1.165, 1.54) is 10.8 Å². The summed E-state index contributed by atoms with van der Waals surface area (Å²) in [6.45, 7) is 0.639. The van der Waals surface area contributed by atoms with E-state index in [-0.39, 0.29) is 11.9 Å². The number of amides is 1. The molecule has 0 radical (unpaired) electrons. The predicted octanol–water partition coefficient (Wildman–Crippen LogP) is 4.57. The minimum Gasteiger partial charge on any atom is -0.493 e. The molecule has 1 unspecified atom stereocenters. The zero-order valence-electron chi connectivity index (χ0n) is 13.8. The Hall–Kier alpha value is -2.46. The summed E-state index contributed by atoms with van der Waals surface area (Å²) in [4.78, 5) is 13.5. The number of para-hydroxylation sites is 1. The summed E-state index contributed by atoms with van der Waals surface area (Å²) < 4.78 is 5.65. The maximum atomic E-state index is 12.4. The van der Waals surface area contributed by atoms with Crippen molar-refractivity contribution in [2.24, 2.45) is 0 Å². The van der Waals surface area contributed by atoms with Gasteiger partial charge in [0.1, 0.15) is 5.75 Å². The molecule has 0 aliphatic carbocycles. The van der Waals surface area contributed by atoms with Gasteiger partial charge >= 0.3 is 0 Å². The van der Waals surface area contributed by atoms with E-state index in [1.807, 2.05) is 36.4 Å². The molecule has 1 N–H and O–H groups in total. The number of rotatable bonds is 4. The average molecular weight is 349 g/mol. The van der Waals surface area contributed by atoms with Gasteiger partial charge in [-0.3, -0.25) is 4.79 Å². The monoisotopic (exact) mass is 349 g/mol. The van der Waals surface area contributed by atoms with Crippen LogP contribution in [-0.2, 0) is 4.79 Å². The molecule has 1 atom stereocenters. The van der Waals surface area contributed by atoms with E-state index in [4.69, 9.17) is 4.74 Å². The number of nitrogens with one attached hydrogen (secondary N) is 1. The van der Waals surface area contributed by atoms with Crippen molar-refractivity contribution >= 4 is 28.4 Å². The summed E-state index contributed by atoms with van der Waals surface area (Å²) in [5.74, 6) is 1.35. The first-order chi connectivity index (χ1) is 12.3. The third kappa shape index (κ3) is 3.64. The van der Waals surface area contributed by atoms with Crippen LogP contribution in [0.5, 0.6) is 5.75 Å². The van der Waals surface area contributed by atoms with Crippen LogP contribution in [0.1, 0.15) is 18.0 Å². The molecule has 1 amide bonds. The van der Waals surface area contributed by atoms with Crippen molar-refractivity contribution in [2.45, 2.75) is 17.4 Å². The van der Waals surface area contributed by atoms with Gasteiger partial charge in [-0.15, -0.1) is 11.8 Å². The molecule has 1 aliphatic heterocycles.